The lowest BCUT2D eigenvalue weighted by Crippen LogP contribution is -2.21. The van der Waals surface area contributed by atoms with E-state index >= 15 is 0 Å². The molecule has 2 unspecified atom stereocenters. The number of methoxy groups -OCH3 is 1. The van der Waals surface area contributed by atoms with Crippen LogP contribution < -0.4 is 0 Å². The topological polar surface area (TPSA) is 70.5 Å². The Hall–Kier alpha value is -2.31. The molecule has 1 aromatic heterocycles. The fourth-order valence-electron chi connectivity index (χ4n) is 3.70. The van der Waals surface area contributed by atoms with E-state index in [0.29, 0.717) is 12.8 Å². The SMILES string of the molecule is CCCCc1nc2ccccc2nc1/C=C/C1OC(C)(C)OC1CCCC(=O)OC. The van der Waals surface area contributed by atoms with Crippen LogP contribution in [0.1, 0.15) is 64.3 Å². The summed E-state index contributed by atoms with van der Waals surface area (Å²) < 4.78 is 16.9. The molecule has 1 aliphatic heterocycles. The Morgan fingerprint density at radius 3 is 2.60 bits per heavy atom. The lowest BCUT2D eigenvalue weighted by molar-refractivity contribution is -0.144. The van der Waals surface area contributed by atoms with Crippen LogP contribution in [0.15, 0.2) is 30.3 Å². The number of para-hydroxylation sites is 2. The van der Waals surface area contributed by atoms with Gasteiger partial charge in [-0.15, -0.1) is 0 Å². The molecule has 1 saturated heterocycles. The fourth-order valence-corrected chi connectivity index (χ4v) is 3.70. The third kappa shape index (κ3) is 5.86. The van der Waals surface area contributed by atoms with E-state index in [1.807, 2.05) is 50.3 Å². The standard InChI is InChI=1S/C24H32N2O4/c1-5-6-10-17-20(26-19-12-8-7-11-18(19)25-17)15-16-22-21(29-24(2,3)30-22)13-9-14-23(27)28-4/h7-8,11-12,15-16,21-22H,5-6,9-10,13-14H2,1-4H3/b16-15+. The first-order valence-corrected chi connectivity index (χ1v) is 10.8. The van der Waals surface area contributed by atoms with E-state index < -0.39 is 5.79 Å². The summed E-state index contributed by atoms with van der Waals surface area (Å²) in [5, 5.41) is 0. The molecular weight excluding hydrogens is 380 g/mol. The molecule has 0 bridgehead atoms. The molecule has 0 spiro atoms. The molecule has 6 nitrogen and oxygen atoms in total. The van der Waals surface area contributed by atoms with Crippen LogP contribution in [0.3, 0.4) is 0 Å². The summed E-state index contributed by atoms with van der Waals surface area (Å²) in [5.74, 6) is -0.863. The molecule has 0 N–H and O–H groups in total. The smallest absolute Gasteiger partial charge is 0.305 e. The van der Waals surface area contributed by atoms with Gasteiger partial charge in [0.15, 0.2) is 5.79 Å². The number of benzene rings is 1. The van der Waals surface area contributed by atoms with Crippen molar-refractivity contribution in [3.8, 4) is 0 Å². The van der Waals surface area contributed by atoms with Gasteiger partial charge < -0.3 is 14.2 Å². The van der Waals surface area contributed by atoms with E-state index in [-0.39, 0.29) is 18.2 Å². The predicted molar refractivity (Wildman–Crippen MR) is 117 cm³/mol. The summed E-state index contributed by atoms with van der Waals surface area (Å²) >= 11 is 0. The normalized spacial score (nSPS) is 20.8. The highest BCUT2D eigenvalue weighted by Gasteiger charge is 2.39. The molecule has 1 aliphatic rings. The highest BCUT2D eigenvalue weighted by Crippen LogP contribution is 2.32. The van der Waals surface area contributed by atoms with Gasteiger partial charge in [-0.05, 0) is 57.7 Å². The highest BCUT2D eigenvalue weighted by atomic mass is 16.7. The molecule has 2 atom stereocenters. The van der Waals surface area contributed by atoms with Crippen molar-refractivity contribution in [3.05, 3.63) is 41.7 Å². The first-order chi connectivity index (χ1) is 14.4. The third-order valence-electron chi connectivity index (χ3n) is 5.20. The molecule has 0 radical (unpaired) electrons. The van der Waals surface area contributed by atoms with Gasteiger partial charge in [-0.25, -0.2) is 9.97 Å². The number of hydrogen-bond donors (Lipinski definition) is 0. The first-order valence-electron chi connectivity index (χ1n) is 10.8. The van der Waals surface area contributed by atoms with E-state index in [9.17, 15) is 4.79 Å². The van der Waals surface area contributed by atoms with Crippen LogP contribution in [-0.4, -0.2) is 41.0 Å². The molecule has 1 fully saturated rings. The Labute approximate surface area is 178 Å². The maximum Gasteiger partial charge on any atom is 0.305 e. The van der Waals surface area contributed by atoms with E-state index in [0.717, 1.165) is 48.1 Å². The molecule has 0 amide bonds. The minimum Gasteiger partial charge on any atom is -0.469 e. The number of nitrogens with zero attached hydrogens (tertiary/aromatic N) is 2. The number of hydrogen-bond acceptors (Lipinski definition) is 6. The summed E-state index contributed by atoms with van der Waals surface area (Å²) in [6.07, 6.45) is 8.57. The number of fused-ring (bicyclic) bond motifs is 1. The minimum atomic E-state index is -0.662. The first kappa shape index (κ1) is 22.4. The highest BCUT2D eigenvalue weighted by molar-refractivity contribution is 5.75. The molecule has 0 aliphatic carbocycles. The van der Waals surface area contributed by atoms with E-state index in [4.69, 9.17) is 24.2 Å². The van der Waals surface area contributed by atoms with Gasteiger partial charge in [-0.2, -0.15) is 0 Å². The zero-order chi connectivity index (χ0) is 21.6. The Bertz CT molecular complexity index is 894. The van der Waals surface area contributed by atoms with Crippen molar-refractivity contribution in [1.29, 1.82) is 0 Å². The summed E-state index contributed by atoms with van der Waals surface area (Å²) in [7, 11) is 1.41. The number of ether oxygens (including phenoxy) is 3. The summed E-state index contributed by atoms with van der Waals surface area (Å²) in [6, 6.07) is 7.95. The van der Waals surface area contributed by atoms with Crippen LogP contribution in [0, 0.1) is 0 Å². The molecule has 2 heterocycles. The molecule has 6 heteroatoms. The van der Waals surface area contributed by atoms with E-state index in [1.165, 1.54) is 7.11 Å². The molecular formula is C24H32N2O4. The number of unbranched alkanes of at least 4 members (excludes halogenated alkanes) is 1. The summed E-state index contributed by atoms with van der Waals surface area (Å²) in [4.78, 5) is 21.1. The average Bonchev–Trinajstić information content (AvgIpc) is 3.03. The Morgan fingerprint density at radius 1 is 1.17 bits per heavy atom. The van der Waals surface area contributed by atoms with Crippen molar-refractivity contribution in [2.24, 2.45) is 0 Å². The van der Waals surface area contributed by atoms with E-state index in [1.54, 1.807) is 0 Å². The Balaban J connectivity index is 1.79. The number of aryl methyl sites for hydroxylation is 1. The molecule has 2 aromatic rings. The second-order valence-corrected chi connectivity index (χ2v) is 8.11. The fraction of sp³-hybridized carbons (Fsp3) is 0.542. The van der Waals surface area contributed by atoms with E-state index in [2.05, 4.69) is 6.92 Å². The molecule has 30 heavy (non-hydrogen) atoms. The van der Waals surface area contributed by atoms with Crippen LogP contribution >= 0.6 is 0 Å². The molecule has 162 valence electrons. The lowest BCUT2D eigenvalue weighted by atomic mass is 10.1. The number of carbonyl (C=O) groups is 1. The van der Waals surface area contributed by atoms with Crippen molar-refractivity contribution >= 4 is 23.1 Å². The van der Waals surface area contributed by atoms with Crippen LogP contribution in [0.25, 0.3) is 17.1 Å². The van der Waals surface area contributed by atoms with Crippen LogP contribution in [0.5, 0.6) is 0 Å². The van der Waals surface area contributed by atoms with Crippen molar-refractivity contribution in [3.63, 3.8) is 0 Å². The van der Waals surface area contributed by atoms with Gasteiger partial charge in [0.1, 0.15) is 6.10 Å². The minimum absolute atomic E-state index is 0.117. The van der Waals surface area contributed by atoms with Crippen molar-refractivity contribution in [1.82, 2.24) is 9.97 Å². The maximum absolute atomic E-state index is 11.4. The van der Waals surface area contributed by atoms with Gasteiger partial charge in [0.05, 0.1) is 35.6 Å². The van der Waals surface area contributed by atoms with Crippen LogP contribution in [0.4, 0.5) is 0 Å². The predicted octanol–water partition coefficient (Wildman–Crippen LogP) is 4.85. The molecule has 3 rings (SSSR count). The van der Waals surface area contributed by atoms with Gasteiger partial charge in [0.2, 0.25) is 0 Å². The van der Waals surface area contributed by atoms with Crippen molar-refractivity contribution < 1.29 is 19.0 Å². The largest absolute Gasteiger partial charge is 0.469 e. The van der Waals surface area contributed by atoms with Gasteiger partial charge in [0.25, 0.3) is 0 Å². The average molecular weight is 413 g/mol. The molecule has 1 aromatic carbocycles. The maximum atomic E-state index is 11.4. The van der Waals surface area contributed by atoms with Gasteiger partial charge in [0, 0.05) is 6.42 Å². The Morgan fingerprint density at radius 2 is 1.90 bits per heavy atom. The lowest BCUT2D eigenvalue weighted by Gasteiger charge is -2.16. The van der Waals surface area contributed by atoms with Gasteiger partial charge in [-0.3, -0.25) is 4.79 Å². The van der Waals surface area contributed by atoms with Crippen LogP contribution in [0.2, 0.25) is 0 Å². The van der Waals surface area contributed by atoms with Gasteiger partial charge >= 0.3 is 5.97 Å². The van der Waals surface area contributed by atoms with Crippen LogP contribution in [-0.2, 0) is 25.4 Å². The second kappa shape index (κ2) is 10.1. The molecule has 0 saturated carbocycles. The Kier molecular flexibility index (Phi) is 7.56. The number of aromatic nitrogens is 2. The zero-order valence-corrected chi connectivity index (χ0v) is 18.4. The summed E-state index contributed by atoms with van der Waals surface area (Å²) in [6.45, 7) is 6.00. The number of carbonyl (C=O) groups excluding carboxylic acids is 1. The number of esters is 1. The zero-order valence-electron chi connectivity index (χ0n) is 18.4. The quantitative estimate of drug-likeness (QED) is 0.549. The van der Waals surface area contributed by atoms with Gasteiger partial charge in [-0.1, -0.05) is 31.6 Å². The number of rotatable bonds is 9. The van der Waals surface area contributed by atoms with Crippen molar-refractivity contribution in [2.45, 2.75) is 77.3 Å². The summed E-state index contributed by atoms with van der Waals surface area (Å²) in [5.41, 5.74) is 3.69. The third-order valence-corrected chi connectivity index (χ3v) is 5.20. The monoisotopic (exact) mass is 412 g/mol. The van der Waals surface area contributed by atoms with Crippen molar-refractivity contribution in [2.75, 3.05) is 7.11 Å². The second-order valence-electron chi connectivity index (χ2n) is 8.11.